The third kappa shape index (κ3) is 4.63. The maximum absolute atomic E-state index is 13.4. The van der Waals surface area contributed by atoms with Crippen LogP contribution in [0.3, 0.4) is 0 Å². The fourth-order valence-electron chi connectivity index (χ4n) is 5.08. The largest absolute Gasteiger partial charge is 0.503 e. The number of nitrogen functional groups attached to an aromatic ring is 1. The summed E-state index contributed by atoms with van der Waals surface area (Å²) in [5.41, 5.74) is -1.49. The number of aromatic hydroxyl groups is 1. The van der Waals surface area contributed by atoms with Crippen LogP contribution in [0, 0.1) is 5.92 Å². The van der Waals surface area contributed by atoms with Crippen LogP contribution >= 0.6 is 11.3 Å². The molecule has 0 spiro atoms. The molecule has 0 bridgehead atoms. The van der Waals surface area contributed by atoms with Crippen molar-refractivity contribution in [1.29, 1.82) is 0 Å². The lowest BCUT2D eigenvalue weighted by Gasteiger charge is -2.31. The van der Waals surface area contributed by atoms with E-state index >= 15 is 0 Å². The standard InChI is InChI=1S/C25H20N6O14S/c26-23-27-10(7-46-23)15(29-45-24(1-2-24)21(39)40)12(32)3-8-6-43-31(17(8)35)25(22(41)42)5-11(20(38)44-25)30-18(36)9-4-13(33)16(34)28-14(9)19(30)37/h4,7-8,11,33H,1-3,5-6H2,(H2,26,27)(H,28,34)(H,39,40)(H,41,42)/b29-15-/t8-,11-,25?/m0/s1. The van der Waals surface area contributed by atoms with Crippen LogP contribution in [0.15, 0.2) is 21.4 Å². The predicted molar refractivity (Wildman–Crippen MR) is 144 cm³/mol. The van der Waals surface area contributed by atoms with Gasteiger partial charge in [0.05, 0.1) is 24.5 Å². The Hall–Kier alpha value is -5.70. The Kier molecular flexibility index (Phi) is 6.89. The van der Waals surface area contributed by atoms with Gasteiger partial charge in [0.25, 0.3) is 23.3 Å². The van der Waals surface area contributed by atoms with Crippen LogP contribution < -0.4 is 11.3 Å². The smallest absolute Gasteiger partial charge is 0.372 e. The summed E-state index contributed by atoms with van der Waals surface area (Å²) in [5, 5.41) is 34.5. The van der Waals surface area contributed by atoms with Gasteiger partial charge >= 0.3 is 23.6 Å². The Morgan fingerprint density at radius 3 is 2.48 bits per heavy atom. The summed E-state index contributed by atoms with van der Waals surface area (Å²) in [6, 6.07) is -1.19. The first-order chi connectivity index (χ1) is 21.7. The van der Waals surface area contributed by atoms with Gasteiger partial charge < -0.3 is 35.6 Å². The van der Waals surface area contributed by atoms with Gasteiger partial charge in [0.2, 0.25) is 5.60 Å². The van der Waals surface area contributed by atoms with Gasteiger partial charge in [-0.3, -0.25) is 33.7 Å². The number of aromatic nitrogens is 2. The van der Waals surface area contributed by atoms with Crippen molar-refractivity contribution in [3.8, 4) is 5.75 Å². The van der Waals surface area contributed by atoms with E-state index in [9.17, 15) is 53.7 Å². The number of imide groups is 1. The van der Waals surface area contributed by atoms with Crippen molar-refractivity contribution in [3.63, 3.8) is 0 Å². The van der Waals surface area contributed by atoms with E-state index in [-0.39, 0.29) is 28.7 Å². The van der Waals surface area contributed by atoms with Crippen molar-refractivity contribution in [2.75, 3.05) is 12.3 Å². The van der Waals surface area contributed by atoms with Crippen molar-refractivity contribution in [3.05, 3.63) is 38.8 Å². The van der Waals surface area contributed by atoms with Crippen LogP contribution in [0.1, 0.15) is 52.2 Å². The van der Waals surface area contributed by atoms with E-state index in [1.54, 1.807) is 0 Å². The lowest BCUT2D eigenvalue weighted by atomic mass is 9.98. The van der Waals surface area contributed by atoms with Gasteiger partial charge in [-0.2, -0.15) is 5.06 Å². The molecule has 0 radical (unpaired) electrons. The van der Waals surface area contributed by atoms with Crippen molar-refractivity contribution >= 4 is 63.6 Å². The number of rotatable bonds is 10. The van der Waals surface area contributed by atoms with Crippen LogP contribution in [-0.4, -0.2) is 106 Å². The molecule has 3 atom stereocenters. The number of Topliss-reactive ketones (excluding diaryl/α,β-unsaturated/α-hetero) is 1. The number of hydrogen-bond acceptors (Lipinski definition) is 16. The number of ketones is 1. The SMILES string of the molecule is Nc1nc(/C(=N/OC2(C(=O)O)CC2)C(=O)C[C@H]2CON(C3(C(=O)O)C[C@H](N4C(=O)c5cc(O)c(=O)[nH]c5C4=O)C(=O)O3)C2=O)cs1. The number of cyclic esters (lactones) is 1. The van der Waals surface area contributed by atoms with Crippen LogP contribution in [0.5, 0.6) is 5.75 Å². The molecule has 1 saturated carbocycles. The Morgan fingerprint density at radius 2 is 1.87 bits per heavy atom. The number of aliphatic carboxylic acids is 2. The predicted octanol–water partition coefficient (Wildman–Crippen LogP) is -1.80. The summed E-state index contributed by atoms with van der Waals surface area (Å²) < 4.78 is 5.08. The van der Waals surface area contributed by atoms with Gasteiger partial charge in [-0.1, -0.05) is 5.16 Å². The summed E-state index contributed by atoms with van der Waals surface area (Å²) in [7, 11) is 0. The van der Waals surface area contributed by atoms with E-state index < -0.39 is 112 Å². The molecule has 3 amide bonds. The normalized spacial score (nSPS) is 25.1. The zero-order chi connectivity index (χ0) is 33.3. The average Bonchev–Trinajstić information content (AvgIpc) is 3.21. The first kappa shape index (κ1) is 30.3. The highest BCUT2D eigenvalue weighted by atomic mass is 32.1. The van der Waals surface area contributed by atoms with Crippen molar-refractivity contribution in [2.45, 2.75) is 43.1 Å². The Balaban J connectivity index is 1.22. The van der Waals surface area contributed by atoms with Crippen LogP contribution in [0.2, 0.25) is 0 Å². The number of carbonyl (C=O) groups is 7. The number of carboxylic acid groups (broad SMARTS) is 2. The number of nitrogens with one attached hydrogen (secondary N) is 1. The fourth-order valence-corrected chi connectivity index (χ4v) is 5.63. The highest BCUT2D eigenvalue weighted by molar-refractivity contribution is 7.13. The number of hydrogen-bond donors (Lipinski definition) is 5. The quantitative estimate of drug-likeness (QED) is 0.0812. The summed E-state index contributed by atoms with van der Waals surface area (Å²) in [4.78, 5) is 118. The second kappa shape index (κ2) is 10.4. The van der Waals surface area contributed by atoms with Crippen molar-refractivity contribution in [2.24, 2.45) is 11.1 Å². The van der Waals surface area contributed by atoms with Gasteiger partial charge in [0.1, 0.15) is 17.4 Å². The van der Waals surface area contributed by atoms with Crippen molar-refractivity contribution in [1.82, 2.24) is 19.9 Å². The minimum atomic E-state index is -2.88. The first-order valence-electron chi connectivity index (χ1n) is 13.2. The molecule has 21 heteroatoms. The number of hydroxylamine groups is 2. The van der Waals surface area contributed by atoms with Crippen LogP contribution in [0.25, 0.3) is 0 Å². The molecule has 46 heavy (non-hydrogen) atoms. The van der Waals surface area contributed by atoms with Crippen molar-refractivity contribution < 1.29 is 63.3 Å². The molecular formula is C25H20N6O14S. The zero-order valence-electron chi connectivity index (χ0n) is 23.0. The van der Waals surface area contributed by atoms with Gasteiger partial charge in [-0.15, -0.1) is 11.3 Å². The molecule has 3 fully saturated rings. The third-order valence-electron chi connectivity index (χ3n) is 7.71. The number of thiazole rings is 1. The van der Waals surface area contributed by atoms with E-state index in [4.69, 9.17) is 20.1 Å². The molecule has 1 aliphatic carbocycles. The number of aromatic amines is 1. The van der Waals surface area contributed by atoms with E-state index in [1.807, 2.05) is 4.98 Å². The Bertz CT molecular complexity index is 1860. The van der Waals surface area contributed by atoms with E-state index in [0.717, 1.165) is 11.3 Å². The number of anilines is 1. The number of carboxylic acids is 2. The molecule has 240 valence electrons. The maximum atomic E-state index is 13.4. The number of pyridine rings is 1. The van der Waals surface area contributed by atoms with Gasteiger partial charge in [-0.05, 0) is 0 Å². The highest BCUT2D eigenvalue weighted by Gasteiger charge is 2.65. The number of esters is 1. The van der Waals surface area contributed by atoms with Gasteiger partial charge in [-0.25, -0.2) is 19.4 Å². The summed E-state index contributed by atoms with van der Waals surface area (Å²) in [6.07, 6.45) is -1.40. The summed E-state index contributed by atoms with van der Waals surface area (Å²) in [6.45, 7) is -0.582. The molecule has 3 aliphatic heterocycles. The molecule has 2 saturated heterocycles. The highest BCUT2D eigenvalue weighted by Crippen LogP contribution is 2.41. The van der Waals surface area contributed by atoms with Crippen LogP contribution in [-0.2, 0) is 38.4 Å². The molecule has 2 aromatic rings. The molecule has 2 aromatic heterocycles. The first-order valence-corrected chi connectivity index (χ1v) is 14.1. The van der Waals surface area contributed by atoms with E-state index in [2.05, 4.69) is 10.1 Å². The number of fused-ring (bicyclic) bond motifs is 1. The number of ether oxygens (including phenoxy) is 1. The number of nitrogens with zero attached hydrogens (tertiary/aromatic N) is 4. The lowest BCUT2D eigenvalue weighted by Crippen LogP contribution is -2.56. The van der Waals surface area contributed by atoms with E-state index in [1.165, 1.54) is 5.38 Å². The monoisotopic (exact) mass is 660 g/mol. The third-order valence-corrected chi connectivity index (χ3v) is 8.38. The molecule has 6 rings (SSSR count). The average molecular weight is 661 g/mol. The van der Waals surface area contributed by atoms with Gasteiger partial charge in [0.15, 0.2) is 22.4 Å². The molecular weight excluding hydrogens is 640 g/mol. The maximum Gasteiger partial charge on any atom is 0.372 e. The molecule has 1 unspecified atom stereocenters. The zero-order valence-corrected chi connectivity index (χ0v) is 23.8. The summed E-state index contributed by atoms with van der Waals surface area (Å²) >= 11 is 0.943. The minimum Gasteiger partial charge on any atom is -0.503 e. The number of carbonyl (C=O) groups excluding carboxylic acids is 5. The lowest BCUT2D eigenvalue weighted by molar-refractivity contribution is -0.256. The molecule has 6 N–H and O–H groups in total. The van der Waals surface area contributed by atoms with Crippen LogP contribution in [0.4, 0.5) is 5.13 Å². The molecule has 20 nitrogen and oxygen atoms in total. The topological polar surface area (TPSA) is 298 Å². The second-order valence-corrected chi connectivity index (χ2v) is 11.5. The summed E-state index contributed by atoms with van der Waals surface area (Å²) in [5.74, 6) is -11.2. The Labute approximate surface area is 257 Å². The minimum absolute atomic E-state index is 0.0450. The number of amides is 3. The molecule has 0 aromatic carbocycles. The van der Waals surface area contributed by atoms with Gasteiger partial charge in [0, 0.05) is 30.7 Å². The number of nitrogens with two attached hydrogens (primary N) is 1. The Morgan fingerprint density at radius 1 is 1.15 bits per heavy atom. The number of H-pyrrole nitrogens is 1. The van der Waals surface area contributed by atoms with E-state index in [0.29, 0.717) is 11.0 Å². The molecule has 4 aliphatic rings. The number of oxime groups is 1. The fraction of sp³-hybridized carbons (Fsp3) is 0.360. The molecule has 5 heterocycles. The second-order valence-electron chi connectivity index (χ2n) is 10.6.